The first-order valence-corrected chi connectivity index (χ1v) is 12.3. The average molecular weight is 457 g/mol. The molecule has 0 saturated heterocycles. The molecule has 1 aromatic rings. The summed E-state index contributed by atoms with van der Waals surface area (Å²) in [5.74, 6) is 0.680. The summed E-state index contributed by atoms with van der Waals surface area (Å²) in [4.78, 5) is 4.72. The summed E-state index contributed by atoms with van der Waals surface area (Å²) in [6, 6.07) is 6.39. The molecule has 4 nitrogen and oxygen atoms in total. The van der Waals surface area contributed by atoms with Crippen molar-refractivity contribution in [2.24, 2.45) is 4.99 Å². The number of alkyl halides is 1. The van der Waals surface area contributed by atoms with Crippen LogP contribution in [0.1, 0.15) is 48.0 Å². The van der Waals surface area contributed by atoms with E-state index in [0.29, 0.717) is 17.9 Å². The quantitative estimate of drug-likeness (QED) is 0.159. The number of nitrogens with one attached hydrogen (secondary N) is 1. The standard InChI is InChI=1S/C16H20N2O2S.C3H6.2C2H6.CH3Cl/c1-6-13(4)11-16(17-12(2)3)18-14-7-9-15(10-8-14)21(5,19)20;1-3-2;3*1-2/h6-10H,1-2,4,11H2,3,5H3,(H,17,18);3H,1H2,2H3;2*1-2H3;1H3. The van der Waals surface area contributed by atoms with Gasteiger partial charge in [-0.1, -0.05) is 59.6 Å². The molecule has 0 saturated carbocycles. The highest BCUT2D eigenvalue weighted by Crippen LogP contribution is 2.17. The molecule has 0 atom stereocenters. The van der Waals surface area contributed by atoms with Gasteiger partial charge in [-0.15, -0.1) is 18.2 Å². The Labute approximate surface area is 191 Å². The van der Waals surface area contributed by atoms with E-state index in [1.807, 2.05) is 41.5 Å². The van der Waals surface area contributed by atoms with Gasteiger partial charge in [0, 0.05) is 24.8 Å². The van der Waals surface area contributed by atoms with Crippen LogP contribution in [0.4, 0.5) is 5.69 Å². The molecule has 1 N–H and O–H groups in total. The molecule has 6 heteroatoms. The van der Waals surface area contributed by atoms with Crippen LogP contribution in [-0.2, 0) is 9.84 Å². The summed E-state index contributed by atoms with van der Waals surface area (Å²) in [5.41, 5.74) is 2.25. The molecule has 0 unspecified atom stereocenters. The van der Waals surface area contributed by atoms with Gasteiger partial charge in [-0.25, -0.2) is 13.4 Å². The molecule has 0 aliphatic carbocycles. The van der Waals surface area contributed by atoms with Crippen molar-refractivity contribution in [1.82, 2.24) is 5.32 Å². The molecule has 0 radical (unpaired) electrons. The number of amidine groups is 1. The van der Waals surface area contributed by atoms with Crippen LogP contribution >= 0.6 is 11.6 Å². The van der Waals surface area contributed by atoms with Gasteiger partial charge in [0.05, 0.1) is 10.6 Å². The Morgan fingerprint density at radius 3 is 1.77 bits per heavy atom. The lowest BCUT2D eigenvalue weighted by Crippen LogP contribution is -2.20. The van der Waals surface area contributed by atoms with Crippen molar-refractivity contribution in [2.75, 3.05) is 12.6 Å². The van der Waals surface area contributed by atoms with Gasteiger partial charge in [0.2, 0.25) is 0 Å². The van der Waals surface area contributed by atoms with Crippen LogP contribution in [0.3, 0.4) is 0 Å². The Morgan fingerprint density at radius 1 is 1.07 bits per heavy atom. The fraction of sp³-hybridized carbons (Fsp3) is 0.375. The number of allylic oxidation sites excluding steroid dienone is 3. The van der Waals surface area contributed by atoms with E-state index in [-0.39, 0.29) is 4.90 Å². The Hall–Kier alpha value is -2.11. The topological polar surface area (TPSA) is 58.5 Å². The summed E-state index contributed by atoms with van der Waals surface area (Å²) < 4.78 is 22.8. The molecule has 0 spiro atoms. The number of rotatable bonds is 6. The number of aliphatic imine (C=N–C) groups is 1. The van der Waals surface area contributed by atoms with Crippen molar-refractivity contribution in [2.45, 2.75) is 52.9 Å². The van der Waals surface area contributed by atoms with Gasteiger partial charge in [-0.2, -0.15) is 0 Å². The minimum atomic E-state index is -3.20. The molecular weight excluding hydrogens is 416 g/mol. The first-order valence-electron chi connectivity index (χ1n) is 9.69. The van der Waals surface area contributed by atoms with Gasteiger partial charge in [-0.3, -0.25) is 0 Å². The number of nitrogens with zero attached hydrogens (tertiary/aromatic N) is 1. The van der Waals surface area contributed by atoms with Crippen molar-refractivity contribution in [3.8, 4) is 0 Å². The third-order valence-electron chi connectivity index (χ3n) is 2.57. The smallest absolute Gasteiger partial charge is 0.175 e. The Kier molecular flexibility index (Phi) is 27.3. The van der Waals surface area contributed by atoms with Crippen LogP contribution < -0.4 is 5.32 Å². The van der Waals surface area contributed by atoms with E-state index in [9.17, 15) is 8.42 Å². The van der Waals surface area contributed by atoms with Crippen LogP contribution in [-0.4, -0.2) is 26.9 Å². The van der Waals surface area contributed by atoms with Gasteiger partial charge in [-0.05, 0) is 43.7 Å². The van der Waals surface area contributed by atoms with Crippen molar-refractivity contribution >= 4 is 33.0 Å². The number of halogens is 1. The van der Waals surface area contributed by atoms with Gasteiger partial charge in [0.25, 0.3) is 0 Å². The van der Waals surface area contributed by atoms with E-state index >= 15 is 0 Å². The SMILES string of the molecule is C=CC.C=CC(=C)CC(=Nc1ccc(S(C)(=O)=O)cc1)NC(=C)C.CC.CC.CCl. The average Bonchev–Trinajstić information content (AvgIpc) is 2.72. The molecule has 1 aromatic carbocycles. The van der Waals surface area contributed by atoms with Crippen molar-refractivity contribution < 1.29 is 8.42 Å². The lowest BCUT2D eigenvalue weighted by Gasteiger charge is -2.10. The lowest BCUT2D eigenvalue weighted by molar-refractivity contribution is 0.602. The third-order valence-corrected chi connectivity index (χ3v) is 3.70. The Bertz CT molecular complexity index is 735. The summed E-state index contributed by atoms with van der Waals surface area (Å²) >= 11 is 4.64. The van der Waals surface area contributed by atoms with E-state index in [1.54, 1.807) is 24.3 Å². The zero-order chi connectivity index (χ0) is 24.8. The van der Waals surface area contributed by atoms with Crippen LogP contribution in [0.15, 0.2) is 83.9 Å². The van der Waals surface area contributed by atoms with Crippen LogP contribution in [0.25, 0.3) is 0 Å². The molecule has 0 amide bonds. The highest BCUT2D eigenvalue weighted by molar-refractivity contribution is 7.90. The number of benzene rings is 1. The highest BCUT2D eigenvalue weighted by Gasteiger charge is 2.06. The van der Waals surface area contributed by atoms with Crippen LogP contribution in [0.2, 0.25) is 0 Å². The van der Waals surface area contributed by atoms with Crippen molar-refractivity contribution in [3.63, 3.8) is 0 Å². The van der Waals surface area contributed by atoms with E-state index in [2.05, 4.69) is 48.2 Å². The monoisotopic (exact) mass is 456 g/mol. The molecule has 0 aromatic heterocycles. The maximum Gasteiger partial charge on any atom is 0.175 e. The minimum Gasteiger partial charge on any atom is -0.348 e. The third kappa shape index (κ3) is 20.6. The predicted molar refractivity (Wildman–Crippen MR) is 139 cm³/mol. The highest BCUT2D eigenvalue weighted by atomic mass is 35.5. The van der Waals surface area contributed by atoms with E-state index in [4.69, 9.17) is 0 Å². The summed E-state index contributed by atoms with van der Waals surface area (Å²) in [6.07, 6.45) is 6.58. The predicted octanol–water partition coefficient (Wildman–Crippen LogP) is 7.48. The zero-order valence-electron chi connectivity index (χ0n) is 20.0. The van der Waals surface area contributed by atoms with Crippen molar-refractivity contribution in [1.29, 1.82) is 0 Å². The van der Waals surface area contributed by atoms with Gasteiger partial charge >= 0.3 is 0 Å². The number of hydrogen-bond acceptors (Lipinski definition) is 3. The summed E-state index contributed by atoms with van der Waals surface area (Å²) in [7, 11) is -3.20. The van der Waals surface area contributed by atoms with Gasteiger partial charge in [0.15, 0.2) is 9.84 Å². The molecule has 0 heterocycles. The molecule has 0 aliphatic heterocycles. The zero-order valence-corrected chi connectivity index (χ0v) is 21.6. The van der Waals surface area contributed by atoms with Gasteiger partial charge < -0.3 is 5.32 Å². The fourth-order valence-corrected chi connectivity index (χ4v) is 2.20. The fourth-order valence-electron chi connectivity index (χ4n) is 1.57. The molecular formula is C24H41ClN2O2S. The maximum absolute atomic E-state index is 11.4. The summed E-state index contributed by atoms with van der Waals surface area (Å²) in [5, 5.41) is 3.07. The summed E-state index contributed by atoms with van der Waals surface area (Å²) in [6.45, 7) is 26.4. The largest absolute Gasteiger partial charge is 0.348 e. The number of sulfone groups is 1. The molecule has 1 rings (SSSR count). The van der Waals surface area contributed by atoms with E-state index < -0.39 is 9.84 Å². The van der Waals surface area contributed by atoms with Gasteiger partial charge in [0.1, 0.15) is 5.84 Å². The maximum atomic E-state index is 11.4. The molecule has 172 valence electrons. The second-order valence-corrected chi connectivity index (χ2v) is 7.19. The molecule has 0 aliphatic rings. The Morgan fingerprint density at radius 2 is 1.47 bits per heavy atom. The molecule has 30 heavy (non-hydrogen) atoms. The van der Waals surface area contributed by atoms with Crippen molar-refractivity contribution in [3.05, 3.63) is 74.0 Å². The van der Waals surface area contributed by atoms with Crippen LogP contribution in [0.5, 0.6) is 0 Å². The lowest BCUT2D eigenvalue weighted by atomic mass is 10.2. The minimum absolute atomic E-state index is 0.270. The molecule has 0 fully saturated rings. The van der Waals surface area contributed by atoms with Crippen LogP contribution in [0, 0.1) is 0 Å². The second kappa shape index (κ2) is 23.2. The Balaban J connectivity index is -0.000000327. The second-order valence-electron chi connectivity index (χ2n) is 5.18. The number of hydrogen-bond donors (Lipinski definition) is 1. The van der Waals surface area contributed by atoms with E-state index in [0.717, 1.165) is 11.3 Å². The molecule has 0 bridgehead atoms. The van der Waals surface area contributed by atoms with E-state index in [1.165, 1.54) is 24.8 Å². The first kappa shape index (κ1) is 35.3. The first-order chi connectivity index (χ1) is 14.1. The normalized spacial score (nSPS) is 9.30.